The molecule has 0 aromatic heterocycles. The molecule has 1 N–H and O–H groups in total. The van der Waals surface area contributed by atoms with Crippen molar-refractivity contribution in [1.29, 1.82) is 0 Å². The number of amides is 1. The molecule has 1 saturated heterocycles. The molecule has 186 valence electrons. The maximum absolute atomic E-state index is 13.3. The molecular weight excluding hydrogens is 432 g/mol. The predicted molar refractivity (Wildman–Crippen MR) is 139 cm³/mol. The van der Waals surface area contributed by atoms with Gasteiger partial charge in [0.15, 0.2) is 0 Å². The average Bonchev–Trinajstić information content (AvgIpc) is 3.10. The van der Waals surface area contributed by atoms with Crippen molar-refractivity contribution in [1.82, 2.24) is 10.2 Å². The van der Waals surface area contributed by atoms with Crippen molar-refractivity contribution < 1.29 is 9.53 Å². The van der Waals surface area contributed by atoms with Gasteiger partial charge in [-0.05, 0) is 86.8 Å². The minimum Gasteiger partial charge on any atom is -0.364 e. The van der Waals surface area contributed by atoms with E-state index in [0.29, 0.717) is 12.5 Å². The van der Waals surface area contributed by atoms with E-state index < -0.39 is 5.60 Å². The molecular formula is C31H40N2O2. The Morgan fingerprint density at radius 1 is 0.857 bits per heavy atom. The van der Waals surface area contributed by atoms with Crippen LogP contribution in [0.2, 0.25) is 0 Å². The first-order valence-corrected chi connectivity index (χ1v) is 13.9. The standard InChI is InChI=1S/C31H40N2O2/c34-29(30-21-24-18-25(22-30)20-26(19-24)23-30)32-13-7-14-33-15-12-31(35-17-16-33,27-8-3-1-4-9-27)28-10-5-2-6-11-28/h1-6,8-11,24-26H,7,12-23H2,(H,32,34). The summed E-state index contributed by atoms with van der Waals surface area (Å²) in [7, 11) is 0. The van der Waals surface area contributed by atoms with Gasteiger partial charge in [0.25, 0.3) is 0 Å². The zero-order valence-corrected chi connectivity index (χ0v) is 21.0. The van der Waals surface area contributed by atoms with Gasteiger partial charge in [-0.2, -0.15) is 0 Å². The molecule has 1 amide bonds. The van der Waals surface area contributed by atoms with Crippen LogP contribution in [0, 0.1) is 23.2 Å². The van der Waals surface area contributed by atoms with Crippen LogP contribution in [0.25, 0.3) is 0 Å². The van der Waals surface area contributed by atoms with Crippen LogP contribution in [0.3, 0.4) is 0 Å². The summed E-state index contributed by atoms with van der Waals surface area (Å²) in [5, 5.41) is 3.37. The average molecular weight is 473 g/mol. The first kappa shape index (κ1) is 23.2. The van der Waals surface area contributed by atoms with Crippen molar-refractivity contribution in [2.45, 2.75) is 57.0 Å². The Bertz CT molecular complexity index is 930. The van der Waals surface area contributed by atoms with Crippen LogP contribution < -0.4 is 5.32 Å². The smallest absolute Gasteiger partial charge is 0.226 e. The molecule has 2 aromatic carbocycles. The Hall–Kier alpha value is -2.17. The number of rotatable bonds is 7. The second kappa shape index (κ2) is 9.71. The molecule has 0 radical (unpaired) electrons. The quantitative estimate of drug-likeness (QED) is 0.551. The zero-order chi connectivity index (χ0) is 23.7. The van der Waals surface area contributed by atoms with Crippen molar-refractivity contribution in [3.05, 3.63) is 71.8 Å². The molecule has 35 heavy (non-hydrogen) atoms. The molecule has 4 saturated carbocycles. The van der Waals surface area contributed by atoms with E-state index in [9.17, 15) is 4.79 Å². The lowest BCUT2D eigenvalue weighted by molar-refractivity contribution is -0.146. The number of ether oxygens (including phenoxy) is 1. The number of benzene rings is 2. The first-order valence-electron chi connectivity index (χ1n) is 13.9. The van der Waals surface area contributed by atoms with Gasteiger partial charge in [-0.25, -0.2) is 0 Å². The summed E-state index contributed by atoms with van der Waals surface area (Å²) in [5.74, 6) is 2.82. The third-order valence-corrected chi connectivity index (χ3v) is 9.47. The third-order valence-electron chi connectivity index (χ3n) is 9.47. The van der Waals surface area contributed by atoms with E-state index in [1.165, 1.54) is 30.4 Å². The summed E-state index contributed by atoms with van der Waals surface area (Å²) < 4.78 is 6.66. The number of nitrogens with zero attached hydrogens (tertiary/aromatic N) is 1. The summed E-state index contributed by atoms with van der Waals surface area (Å²) in [6.07, 6.45) is 9.54. The van der Waals surface area contributed by atoms with Gasteiger partial charge >= 0.3 is 0 Å². The minimum atomic E-state index is -0.399. The van der Waals surface area contributed by atoms with Crippen LogP contribution in [0.4, 0.5) is 0 Å². The maximum atomic E-state index is 13.3. The Labute approximate surface area is 210 Å². The lowest BCUT2D eigenvalue weighted by Crippen LogP contribution is -2.53. The van der Waals surface area contributed by atoms with Crippen LogP contribution in [0.15, 0.2) is 60.7 Å². The number of carbonyl (C=O) groups is 1. The summed E-state index contributed by atoms with van der Waals surface area (Å²) in [6.45, 7) is 4.44. The van der Waals surface area contributed by atoms with Gasteiger partial charge in [-0.1, -0.05) is 60.7 Å². The maximum Gasteiger partial charge on any atom is 0.226 e. The molecule has 4 bridgehead atoms. The Morgan fingerprint density at radius 2 is 1.43 bits per heavy atom. The fourth-order valence-corrected chi connectivity index (χ4v) is 8.19. The van der Waals surface area contributed by atoms with Crippen LogP contribution in [-0.2, 0) is 15.1 Å². The predicted octanol–water partition coefficient (Wildman–Crippen LogP) is 5.38. The molecule has 0 atom stereocenters. The Kier molecular flexibility index (Phi) is 6.45. The van der Waals surface area contributed by atoms with E-state index >= 15 is 0 Å². The molecule has 4 nitrogen and oxygen atoms in total. The second-order valence-corrected chi connectivity index (χ2v) is 11.8. The van der Waals surface area contributed by atoms with E-state index in [1.807, 2.05) is 0 Å². The van der Waals surface area contributed by atoms with Crippen LogP contribution in [0.5, 0.6) is 0 Å². The van der Waals surface area contributed by atoms with Gasteiger partial charge in [0.2, 0.25) is 5.91 Å². The van der Waals surface area contributed by atoms with E-state index in [2.05, 4.69) is 70.9 Å². The van der Waals surface area contributed by atoms with Gasteiger partial charge in [0.1, 0.15) is 5.60 Å². The van der Waals surface area contributed by atoms with Crippen LogP contribution in [-0.4, -0.2) is 43.6 Å². The molecule has 5 aliphatic rings. The van der Waals surface area contributed by atoms with Crippen molar-refractivity contribution in [3.63, 3.8) is 0 Å². The minimum absolute atomic E-state index is 0.0316. The van der Waals surface area contributed by atoms with Crippen molar-refractivity contribution in [2.75, 3.05) is 32.8 Å². The van der Waals surface area contributed by atoms with Gasteiger partial charge in [-0.15, -0.1) is 0 Å². The number of hydrogen-bond acceptors (Lipinski definition) is 3. The molecule has 5 fully saturated rings. The summed E-state index contributed by atoms with van der Waals surface area (Å²) >= 11 is 0. The largest absolute Gasteiger partial charge is 0.364 e. The van der Waals surface area contributed by atoms with Crippen molar-refractivity contribution >= 4 is 5.91 Å². The lowest BCUT2D eigenvalue weighted by Gasteiger charge is -2.55. The molecule has 1 aliphatic heterocycles. The summed E-state index contributed by atoms with van der Waals surface area (Å²) in [6, 6.07) is 21.4. The molecule has 0 unspecified atom stereocenters. The van der Waals surface area contributed by atoms with E-state index in [-0.39, 0.29) is 5.41 Å². The van der Waals surface area contributed by atoms with Crippen LogP contribution >= 0.6 is 0 Å². The fourth-order valence-electron chi connectivity index (χ4n) is 8.19. The SMILES string of the molecule is O=C(NCCCN1CCOC(c2ccccc2)(c2ccccc2)CC1)C12CC3CC(CC(C3)C1)C2. The van der Waals surface area contributed by atoms with E-state index in [1.54, 1.807) is 0 Å². The molecule has 1 heterocycles. The zero-order valence-electron chi connectivity index (χ0n) is 21.0. The van der Waals surface area contributed by atoms with Gasteiger partial charge < -0.3 is 15.0 Å². The highest BCUT2D eigenvalue weighted by Gasteiger charge is 2.54. The molecule has 4 heteroatoms. The second-order valence-electron chi connectivity index (χ2n) is 11.8. The highest BCUT2D eigenvalue weighted by molar-refractivity contribution is 5.83. The van der Waals surface area contributed by atoms with Crippen molar-refractivity contribution in [2.24, 2.45) is 23.2 Å². The number of carbonyl (C=O) groups excluding carboxylic acids is 1. The molecule has 4 aliphatic carbocycles. The molecule has 7 rings (SSSR count). The van der Waals surface area contributed by atoms with Crippen LogP contribution in [0.1, 0.15) is 62.5 Å². The Morgan fingerprint density at radius 3 is 2.00 bits per heavy atom. The molecule has 0 spiro atoms. The number of hydrogen-bond donors (Lipinski definition) is 1. The van der Waals surface area contributed by atoms with Gasteiger partial charge in [-0.3, -0.25) is 4.79 Å². The first-order chi connectivity index (χ1) is 17.2. The fraction of sp³-hybridized carbons (Fsp3) is 0.581. The van der Waals surface area contributed by atoms with Gasteiger partial charge in [0.05, 0.1) is 6.61 Å². The third kappa shape index (κ3) is 4.56. The highest BCUT2D eigenvalue weighted by Crippen LogP contribution is 2.60. The number of nitrogens with one attached hydrogen (secondary N) is 1. The lowest BCUT2D eigenvalue weighted by atomic mass is 9.49. The van der Waals surface area contributed by atoms with Gasteiger partial charge in [0, 0.05) is 25.0 Å². The van der Waals surface area contributed by atoms with Crippen molar-refractivity contribution in [3.8, 4) is 0 Å². The summed E-state index contributed by atoms with van der Waals surface area (Å²) in [5.41, 5.74) is 2.03. The Balaban J connectivity index is 1.04. The van der Waals surface area contributed by atoms with E-state index in [4.69, 9.17) is 4.74 Å². The monoisotopic (exact) mass is 472 g/mol. The normalized spacial score (nSPS) is 31.7. The van der Waals surface area contributed by atoms with E-state index in [0.717, 1.165) is 76.0 Å². The summed E-state index contributed by atoms with van der Waals surface area (Å²) in [4.78, 5) is 15.8. The topological polar surface area (TPSA) is 41.6 Å². The highest BCUT2D eigenvalue weighted by atomic mass is 16.5. The molecule has 2 aromatic rings.